The van der Waals surface area contributed by atoms with E-state index in [9.17, 15) is 0 Å². The molecule has 0 saturated heterocycles. The number of nitrogens with zero attached hydrogens (tertiary/aromatic N) is 6. The first-order chi connectivity index (χ1) is 12.8. The molecule has 8 nitrogen and oxygen atoms in total. The third-order valence-electron chi connectivity index (χ3n) is 4.43. The number of aliphatic imine (C=N–C) groups is 1. The smallest absolute Gasteiger partial charge is 0.193 e. The molecule has 0 aliphatic heterocycles. The molecular formula is C18H32IN7OS. The van der Waals surface area contributed by atoms with E-state index < -0.39 is 0 Å². The Morgan fingerprint density at radius 2 is 2.11 bits per heavy atom. The van der Waals surface area contributed by atoms with Gasteiger partial charge in [-0.3, -0.25) is 9.67 Å². The first-order valence-corrected chi connectivity index (χ1v) is 9.77. The van der Waals surface area contributed by atoms with Crippen molar-refractivity contribution in [1.29, 1.82) is 0 Å². The van der Waals surface area contributed by atoms with Crippen LogP contribution in [0.1, 0.15) is 35.3 Å². The van der Waals surface area contributed by atoms with Crippen LogP contribution in [0.25, 0.3) is 0 Å². The van der Waals surface area contributed by atoms with Gasteiger partial charge in [-0.1, -0.05) is 0 Å². The Bertz CT molecular complexity index is 746. The normalized spacial score (nSPS) is 13.9. The van der Waals surface area contributed by atoms with Gasteiger partial charge in [0.05, 0.1) is 24.5 Å². The summed E-state index contributed by atoms with van der Waals surface area (Å²) in [5.41, 5.74) is 2.19. The topological polar surface area (TPSA) is 70.8 Å². The van der Waals surface area contributed by atoms with Gasteiger partial charge in [0.2, 0.25) is 0 Å². The summed E-state index contributed by atoms with van der Waals surface area (Å²) in [7, 11) is 11.6. The zero-order valence-corrected chi connectivity index (χ0v) is 20.9. The molecule has 0 bridgehead atoms. The summed E-state index contributed by atoms with van der Waals surface area (Å²) in [6.07, 6.45) is 3.98. The van der Waals surface area contributed by atoms with Gasteiger partial charge in [0.15, 0.2) is 5.96 Å². The minimum absolute atomic E-state index is 0. The number of methoxy groups -OCH3 is 1. The van der Waals surface area contributed by atoms with Crippen LogP contribution in [0.15, 0.2) is 22.8 Å². The van der Waals surface area contributed by atoms with Gasteiger partial charge in [0, 0.05) is 51.9 Å². The van der Waals surface area contributed by atoms with E-state index in [1.165, 1.54) is 5.56 Å². The summed E-state index contributed by atoms with van der Waals surface area (Å²) < 4.78 is 7.17. The van der Waals surface area contributed by atoms with Crippen molar-refractivity contribution < 1.29 is 4.74 Å². The lowest BCUT2D eigenvalue weighted by Gasteiger charge is -2.27. The van der Waals surface area contributed by atoms with E-state index in [1.807, 2.05) is 38.1 Å². The first-order valence-electron chi connectivity index (χ1n) is 8.89. The highest BCUT2D eigenvalue weighted by Gasteiger charge is 2.18. The lowest BCUT2D eigenvalue weighted by molar-refractivity contribution is 0.119. The van der Waals surface area contributed by atoms with Crippen LogP contribution in [0.3, 0.4) is 0 Å². The van der Waals surface area contributed by atoms with E-state index in [0.717, 1.165) is 23.2 Å². The molecule has 0 fully saturated rings. The highest BCUT2D eigenvalue weighted by Crippen LogP contribution is 2.21. The number of rotatable bonds is 8. The number of likely N-dealkylation sites (N-methyl/N-ethyl adjacent to an activating group) is 1. The van der Waals surface area contributed by atoms with Crippen molar-refractivity contribution in [3.05, 3.63) is 34.0 Å². The van der Waals surface area contributed by atoms with Crippen molar-refractivity contribution in [2.45, 2.75) is 25.6 Å². The number of guanidine groups is 1. The molecule has 2 aromatic rings. The van der Waals surface area contributed by atoms with Gasteiger partial charge in [-0.25, -0.2) is 4.98 Å². The third kappa shape index (κ3) is 6.68. The second kappa shape index (κ2) is 11.7. The zero-order valence-electron chi connectivity index (χ0n) is 17.7. The van der Waals surface area contributed by atoms with Crippen molar-refractivity contribution in [2.24, 2.45) is 12.0 Å². The van der Waals surface area contributed by atoms with Crippen LogP contribution >= 0.6 is 35.3 Å². The summed E-state index contributed by atoms with van der Waals surface area (Å²) in [5.74, 6) is 0.833. The van der Waals surface area contributed by atoms with E-state index >= 15 is 0 Å². The minimum atomic E-state index is 0. The lowest BCUT2D eigenvalue weighted by Crippen LogP contribution is -2.42. The summed E-state index contributed by atoms with van der Waals surface area (Å²) in [6, 6.07) is 0.206. The predicted octanol–water partition coefficient (Wildman–Crippen LogP) is 2.51. The molecule has 0 radical (unpaired) electrons. The molecule has 0 aliphatic rings. The van der Waals surface area contributed by atoms with E-state index in [4.69, 9.17) is 4.74 Å². The molecular weight excluding hydrogens is 489 g/mol. The molecule has 158 valence electrons. The summed E-state index contributed by atoms with van der Waals surface area (Å²) >= 11 is 1.63. The Morgan fingerprint density at radius 1 is 1.39 bits per heavy atom. The van der Waals surface area contributed by atoms with Gasteiger partial charge in [-0.05, 0) is 21.0 Å². The van der Waals surface area contributed by atoms with Crippen LogP contribution in [-0.4, -0.2) is 72.4 Å². The summed E-state index contributed by atoms with van der Waals surface area (Å²) in [4.78, 5) is 13.3. The number of aromatic nitrogens is 3. The Labute approximate surface area is 189 Å². The summed E-state index contributed by atoms with van der Waals surface area (Å²) in [5, 5.41) is 10.8. The average Bonchev–Trinajstić information content (AvgIpc) is 3.26. The minimum Gasteiger partial charge on any atom is -0.375 e. The second-order valence-electron chi connectivity index (χ2n) is 6.77. The van der Waals surface area contributed by atoms with Crippen LogP contribution in [0, 0.1) is 0 Å². The Kier molecular flexibility index (Phi) is 10.4. The molecule has 2 rings (SSSR count). The molecule has 0 spiro atoms. The van der Waals surface area contributed by atoms with Gasteiger partial charge in [-0.15, -0.1) is 35.3 Å². The molecule has 28 heavy (non-hydrogen) atoms. The Hall–Kier alpha value is -1.24. The van der Waals surface area contributed by atoms with Crippen LogP contribution < -0.4 is 5.32 Å². The number of hydrogen-bond acceptors (Lipinski definition) is 6. The van der Waals surface area contributed by atoms with Crippen molar-refractivity contribution in [3.8, 4) is 0 Å². The van der Waals surface area contributed by atoms with Crippen LogP contribution in [0.5, 0.6) is 0 Å². The van der Waals surface area contributed by atoms with Crippen molar-refractivity contribution >= 4 is 41.3 Å². The quantitative estimate of drug-likeness (QED) is 0.327. The van der Waals surface area contributed by atoms with Crippen molar-refractivity contribution in [2.75, 3.05) is 41.8 Å². The van der Waals surface area contributed by atoms with Crippen LogP contribution in [-0.2, 0) is 18.3 Å². The van der Waals surface area contributed by atoms with Crippen LogP contribution in [0.4, 0.5) is 0 Å². The second-order valence-corrected chi connectivity index (χ2v) is 7.66. The number of nitrogens with one attached hydrogen (secondary N) is 1. The fraction of sp³-hybridized carbons (Fsp3) is 0.611. The Morgan fingerprint density at radius 3 is 2.64 bits per heavy atom. The van der Waals surface area contributed by atoms with E-state index in [0.29, 0.717) is 6.54 Å². The third-order valence-corrected chi connectivity index (χ3v) is 5.48. The highest BCUT2D eigenvalue weighted by atomic mass is 127. The standard InChI is InChI=1S/C18H31N7OS.HI/c1-13(26-7)17-22-15(12-27-17)11-24(5)18(19-2)20-9-16(23(3)4)14-8-21-25(6)10-14;/h8,10,12-13,16H,9,11H2,1-7H3,(H,19,20);1H. The molecule has 0 aliphatic carbocycles. The predicted molar refractivity (Wildman–Crippen MR) is 125 cm³/mol. The zero-order chi connectivity index (χ0) is 20.0. The fourth-order valence-corrected chi connectivity index (χ4v) is 3.63. The largest absolute Gasteiger partial charge is 0.375 e. The van der Waals surface area contributed by atoms with Gasteiger partial charge in [-0.2, -0.15) is 5.10 Å². The monoisotopic (exact) mass is 521 g/mol. The van der Waals surface area contributed by atoms with Crippen molar-refractivity contribution in [1.82, 2.24) is 29.9 Å². The number of ether oxygens (including phenoxy) is 1. The SMILES string of the molecule is CN=C(NCC(c1cnn(C)c1)N(C)C)N(C)Cc1csc(C(C)OC)n1.I. The van der Waals surface area contributed by atoms with Crippen molar-refractivity contribution in [3.63, 3.8) is 0 Å². The maximum Gasteiger partial charge on any atom is 0.193 e. The van der Waals surface area contributed by atoms with Gasteiger partial charge < -0.3 is 19.9 Å². The molecule has 0 amide bonds. The molecule has 2 unspecified atom stereocenters. The maximum absolute atomic E-state index is 5.34. The van der Waals surface area contributed by atoms with Gasteiger partial charge >= 0.3 is 0 Å². The lowest BCUT2D eigenvalue weighted by atomic mass is 10.1. The number of aryl methyl sites for hydroxylation is 1. The highest BCUT2D eigenvalue weighted by molar-refractivity contribution is 14.0. The molecule has 0 aromatic carbocycles. The molecule has 2 aromatic heterocycles. The molecule has 0 saturated carbocycles. The number of hydrogen-bond donors (Lipinski definition) is 1. The molecule has 10 heteroatoms. The Balaban J connectivity index is 0.00000392. The average molecular weight is 521 g/mol. The number of thiazole rings is 1. The maximum atomic E-state index is 5.34. The van der Waals surface area contributed by atoms with Gasteiger partial charge in [0.1, 0.15) is 11.1 Å². The first kappa shape index (κ1) is 24.8. The van der Waals surface area contributed by atoms with E-state index in [2.05, 4.69) is 49.7 Å². The number of halogens is 1. The fourth-order valence-electron chi connectivity index (χ4n) is 2.78. The molecule has 2 atom stereocenters. The van der Waals surface area contributed by atoms with Crippen LogP contribution in [0.2, 0.25) is 0 Å². The summed E-state index contributed by atoms with van der Waals surface area (Å²) in [6.45, 7) is 3.43. The van der Waals surface area contributed by atoms with E-state index in [1.54, 1.807) is 25.5 Å². The van der Waals surface area contributed by atoms with Gasteiger partial charge in [0.25, 0.3) is 0 Å². The van der Waals surface area contributed by atoms with E-state index in [-0.39, 0.29) is 36.1 Å². The molecule has 1 N–H and O–H groups in total. The molecule has 2 heterocycles.